The molecule has 0 radical (unpaired) electrons. The number of hydrogen-bond donors (Lipinski definition) is 1. The monoisotopic (exact) mass is 236 g/mol. The summed E-state index contributed by atoms with van der Waals surface area (Å²) in [6.45, 7) is 2.10. The molecule has 0 saturated carbocycles. The summed E-state index contributed by atoms with van der Waals surface area (Å²) in [5, 5.41) is 2.66. The highest BCUT2D eigenvalue weighted by Gasteiger charge is 2.00. The second kappa shape index (κ2) is 4.68. The van der Waals surface area contributed by atoms with Crippen LogP contribution in [-0.2, 0) is 5.75 Å². The van der Waals surface area contributed by atoms with Crippen LogP contribution < -0.4 is 5.73 Å². The van der Waals surface area contributed by atoms with E-state index in [1.54, 1.807) is 11.8 Å². The molecule has 0 amide bonds. The van der Waals surface area contributed by atoms with Crippen molar-refractivity contribution in [3.05, 3.63) is 40.9 Å². The first kappa shape index (κ1) is 10.5. The molecule has 0 atom stereocenters. The molecule has 1 aromatic heterocycles. The molecular formula is C11H12N2S2. The van der Waals surface area contributed by atoms with Gasteiger partial charge in [0, 0.05) is 16.0 Å². The quantitative estimate of drug-likeness (QED) is 0.831. The van der Waals surface area contributed by atoms with Gasteiger partial charge in [-0.1, -0.05) is 17.7 Å². The molecule has 2 nitrogen and oxygen atoms in total. The van der Waals surface area contributed by atoms with Gasteiger partial charge in [-0.3, -0.25) is 0 Å². The predicted molar refractivity (Wildman–Crippen MR) is 67.3 cm³/mol. The molecule has 2 aromatic rings. The Morgan fingerprint density at radius 1 is 1.47 bits per heavy atom. The van der Waals surface area contributed by atoms with Gasteiger partial charge in [-0.15, -0.1) is 23.1 Å². The van der Waals surface area contributed by atoms with Crippen LogP contribution >= 0.6 is 23.1 Å². The first-order valence-electron chi connectivity index (χ1n) is 4.63. The Morgan fingerprint density at radius 3 is 3.00 bits per heavy atom. The molecule has 0 aliphatic heterocycles. The average Bonchev–Trinajstić information content (AvgIpc) is 2.62. The van der Waals surface area contributed by atoms with Gasteiger partial charge >= 0.3 is 0 Å². The lowest BCUT2D eigenvalue weighted by Crippen LogP contribution is -1.85. The highest BCUT2D eigenvalue weighted by atomic mass is 32.2. The van der Waals surface area contributed by atoms with Crippen LogP contribution in [0.5, 0.6) is 0 Å². The van der Waals surface area contributed by atoms with Crippen molar-refractivity contribution < 1.29 is 0 Å². The molecular weight excluding hydrogens is 224 g/mol. The molecule has 2 rings (SSSR count). The zero-order valence-electron chi connectivity index (χ0n) is 8.43. The second-order valence-electron chi connectivity index (χ2n) is 3.28. The second-order valence-corrected chi connectivity index (χ2v) is 5.22. The van der Waals surface area contributed by atoms with Gasteiger partial charge in [0.15, 0.2) is 5.13 Å². The highest BCUT2D eigenvalue weighted by molar-refractivity contribution is 7.98. The Morgan fingerprint density at radius 2 is 2.33 bits per heavy atom. The fourth-order valence-corrected chi connectivity index (χ4v) is 2.83. The van der Waals surface area contributed by atoms with Crippen molar-refractivity contribution in [1.82, 2.24) is 4.98 Å². The van der Waals surface area contributed by atoms with E-state index >= 15 is 0 Å². The lowest BCUT2D eigenvalue weighted by Gasteiger charge is -2.00. The Balaban J connectivity index is 1.99. The maximum absolute atomic E-state index is 5.57. The summed E-state index contributed by atoms with van der Waals surface area (Å²) >= 11 is 3.29. The third-order valence-electron chi connectivity index (χ3n) is 1.95. The third kappa shape index (κ3) is 2.97. The van der Waals surface area contributed by atoms with E-state index in [2.05, 4.69) is 36.2 Å². The number of aromatic nitrogens is 1. The maximum Gasteiger partial charge on any atom is 0.180 e. The predicted octanol–water partition coefficient (Wildman–Crippen LogP) is 3.33. The summed E-state index contributed by atoms with van der Waals surface area (Å²) in [5.74, 6) is 0.886. The van der Waals surface area contributed by atoms with Crippen molar-refractivity contribution in [2.45, 2.75) is 17.6 Å². The molecule has 1 aromatic carbocycles. The van der Waals surface area contributed by atoms with Crippen LogP contribution in [0.4, 0.5) is 5.13 Å². The maximum atomic E-state index is 5.57. The lowest BCUT2D eigenvalue weighted by molar-refractivity contribution is 1.23. The zero-order valence-corrected chi connectivity index (χ0v) is 10.1. The molecule has 2 N–H and O–H groups in total. The topological polar surface area (TPSA) is 38.9 Å². The fraction of sp³-hybridized carbons (Fsp3) is 0.182. The van der Waals surface area contributed by atoms with Crippen molar-refractivity contribution in [3.8, 4) is 0 Å². The van der Waals surface area contributed by atoms with Crippen LogP contribution in [-0.4, -0.2) is 4.98 Å². The average molecular weight is 236 g/mol. The van der Waals surface area contributed by atoms with Gasteiger partial charge in [-0.05, 0) is 19.1 Å². The smallest absolute Gasteiger partial charge is 0.180 e. The molecule has 0 fully saturated rings. The molecule has 15 heavy (non-hydrogen) atoms. The van der Waals surface area contributed by atoms with Gasteiger partial charge in [0.1, 0.15) is 0 Å². The zero-order chi connectivity index (χ0) is 10.7. The third-order valence-corrected chi connectivity index (χ3v) is 3.70. The fourth-order valence-electron chi connectivity index (χ4n) is 1.25. The Kier molecular flexibility index (Phi) is 3.28. The minimum Gasteiger partial charge on any atom is -0.375 e. The van der Waals surface area contributed by atoms with Gasteiger partial charge in [-0.25, -0.2) is 4.98 Å². The van der Waals surface area contributed by atoms with Gasteiger partial charge in [0.25, 0.3) is 0 Å². The number of aryl methyl sites for hydroxylation is 1. The minimum absolute atomic E-state index is 0.648. The number of anilines is 1. The normalized spacial score (nSPS) is 10.5. The van der Waals surface area contributed by atoms with Crippen LogP contribution in [0.15, 0.2) is 34.5 Å². The van der Waals surface area contributed by atoms with Crippen LogP contribution in [0.3, 0.4) is 0 Å². The number of rotatable bonds is 3. The summed E-state index contributed by atoms with van der Waals surface area (Å²) in [6.07, 6.45) is 0. The number of nitrogens with two attached hydrogens (primary N) is 1. The Bertz CT molecular complexity index is 451. The first-order chi connectivity index (χ1) is 7.24. The number of thiazole rings is 1. The lowest BCUT2D eigenvalue weighted by atomic mass is 10.2. The van der Waals surface area contributed by atoms with E-state index in [9.17, 15) is 0 Å². The van der Waals surface area contributed by atoms with Crippen molar-refractivity contribution in [3.63, 3.8) is 0 Å². The summed E-state index contributed by atoms with van der Waals surface area (Å²) < 4.78 is 0. The summed E-state index contributed by atoms with van der Waals surface area (Å²) in [6, 6.07) is 8.48. The molecule has 78 valence electrons. The molecule has 4 heteroatoms. The van der Waals surface area contributed by atoms with Crippen molar-refractivity contribution in [2.24, 2.45) is 0 Å². The van der Waals surface area contributed by atoms with E-state index < -0.39 is 0 Å². The molecule has 0 spiro atoms. The number of nitrogen functional groups attached to an aromatic ring is 1. The first-order valence-corrected chi connectivity index (χ1v) is 6.50. The van der Waals surface area contributed by atoms with E-state index in [4.69, 9.17) is 5.73 Å². The van der Waals surface area contributed by atoms with Gasteiger partial charge in [-0.2, -0.15) is 0 Å². The van der Waals surface area contributed by atoms with E-state index in [1.807, 2.05) is 5.38 Å². The van der Waals surface area contributed by atoms with Crippen molar-refractivity contribution in [1.29, 1.82) is 0 Å². The van der Waals surface area contributed by atoms with Gasteiger partial charge < -0.3 is 5.73 Å². The number of nitrogens with zero attached hydrogens (tertiary/aromatic N) is 1. The van der Waals surface area contributed by atoms with Crippen LogP contribution in [0, 0.1) is 6.92 Å². The van der Waals surface area contributed by atoms with E-state index in [0.717, 1.165) is 11.4 Å². The Labute approximate surface area is 97.5 Å². The molecule has 1 heterocycles. The molecule has 0 aliphatic rings. The standard InChI is InChI=1S/C11H12N2S2/c1-8-3-2-4-10(5-8)14-6-9-7-15-11(12)13-9/h2-5,7H,6H2,1H3,(H2,12,13). The SMILES string of the molecule is Cc1cccc(SCc2csc(N)n2)c1. The molecule has 0 bridgehead atoms. The number of thioether (sulfide) groups is 1. The number of hydrogen-bond acceptors (Lipinski definition) is 4. The van der Waals surface area contributed by atoms with Crippen LogP contribution in [0.1, 0.15) is 11.3 Å². The summed E-state index contributed by atoms with van der Waals surface area (Å²) in [5.41, 5.74) is 7.92. The molecule has 0 saturated heterocycles. The van der Waals surface area contributed by atoms with E-state index in [-0.39, 0.29) is 0 Å². The highest BCUT2D eigenvalue weighted by Crippen LogP contribution is 2.24. The van der Waals surface area contributed by atoms with Crippen LogP contribution in [0.2, 0.25) is 0 Å². The summed E-state index contributed by atoms with van der Waals surface area (Å²) in [4.78, 5) is 5.50. The molecule has 0 aliphatic carbocycles. The largest absolute Gasteiger partial charge is 0.375 e. The van der Waals surface area contributed by atoms with Gasteiger partial charge in [0.2, 0.25) is 0 Å². The Hall–Kier alpha value is -1.00. The van der Waals surface area contributed by atoms with Crippen molar-refractivity contribution >= 4 is 28.2 Å². The number of benzene rings is 1. The molecule has 0 unspecified atom stereocenters. The van der Waals surface area contributed by atoms with Crippen molar-refractivity contribution in [2.75, 3.05) is 5.73 Å². The minimum atomic E-state index is 0.648. The van der Waals surface area contributed by atoms with E-state index in [0.29, 0.717) is 5.13 Å². The van der Waals surface area contributed by atoms with E-state index in [1.165, 1.54) is 21.8 Å². The summed E-state index contributed by atoms with van der Waals surface area (Å²) in [7, 11) is 0. The van der Waals surface area contributed by atoms with Gasteiger partial charge in [0.05, 0.1) is 5.69 Å². The van der Waals surface area contributed by atoms with Crippen LogP contribution in [0.25, 0.3) is 0 Å².